The summed E-state index contributed by atoms with van der Waals surface area (Å²) in [5.74, 6) is -1.82. The lowest BCUT2D eigenvalue weighted by Crippen LogP contribution is -2.41. The monoisotopic (exact) mass is 371 g/mol. The van der Waals surface area contributed by atoms with E-state index in [0.717, 1.165) is 19.3 Å². The van der Waals surface area contributed by atoms with Gasteiger partial charge in [0.25, 0.3) is 0 Å². The molecule has 0 radical (unpaired) electrons. The number of amides is 1. The van der Waals surface area contributed by atoms with Crippen molar-refractivity contribution in [2.75, 3.05) is 7.11 Å². The van der Waals surface area contributed by atoms with Crippen LogP contribution in [0.3, 0.4) is 0 Å². The van der Waals surface area contributed by atoms with Gasteiger partial charge >= 0.3 is 11.9 Å². The molecule has 152 valence electrons. The highest BCUT2D eigenvalue weighted by molar-refractivity contribution is 5.84. The Hall–Kier alpha value is -1.59. The molecule has 1 atom stereocenters. The van der Waals surface area contributed by atoms with E-state index < -0.39 is 18.0 Å². The number of methoxy groups -OCH3 is 1. The molecule has 0 aromatic rings. The number of hydrogen-bond acceptors (Lipinski definition) is 4. The number of nitrogens with one attached hydrogen (secondary N) is 1. The van der Waals surface area contributed by atoms with Gasteiger partial charge in [0, 0.05) is 12.8 Å². The SMILES string of the molecule is CCCCCCCCCCCCCC(=O)N[C@H](CCC(=O)O)C(=O)OC. The maximum absolute atomic E-state index is 11.9. The van der Waals surface area contributed by atoms with Gasteiger partial charge < -0.3 is 15.2 Å². The highest BCUT2D eigenvalue weighted by Crippen LogP contribution is 2.12. The summed E-state index contributed by atoms with van der Waals surface area (Å²) in [4.78, 5) is 34.1. The lowest BCUT2D eigenvalue weighted by atomic mass is 10.0. The van der Waals surface area contributed by atoms with Crippen molar-refractivity contribution >= 4 is 17.8 Å². The summed E-state index contributed by atoms with van der Waals surface area (Å²) < 4.78 is 4.61. The molecule has 0 rings (SSSR count). The van der Waals surface area contributed by atoms with E-state index in [9.17, 15) is 14.4 Å². The molecule has 0 saturated carbocycles. The van der Waals surface area contributed by atoms with Crippen molar-refractivity contribution < 1.29 is 24.2 Å². The second kappa shape index (κ2) is 16.9. The number of carboxylic acid groups (broad SMARTS) is 1. The number of aliphatic carboxylic acids is 1. The van der Waals surface area contributed by atoms with Gasteiger partial charge in [-0.2, -0.15) is 0 Å². The average molecular weight is 372 g/mol. The Labute approximate surface area is 158 Å². The van der Waals surface area contributed by atoms with Crippen LogP contribution < -0.4 is 5.32 Å². The molecule has 0 aromatic heterocycles. The fraction of sp³-hybridized carbons (Fsp3) is 0.850. The number of esters is 1. The highest BCUT2D eigenvalue weighted by Gasteiger charge is 2.22. The van der Waals surface area contributed by atoms with Crippen molar-refractivity contribution in [3.63, 3.8) is 0 Å². The minimum absolute atomic E-state index is 0.0476. The quantitative estimate of drug-likeness (QED) is 0.295. The van der Waals surface area contributed by atoms with Crippen molar-refractivity contribution in [2.45, 2.75) is 103 Å². The molecule has 6 heteroatoms. The van der Waals surface area contributed by atoms with Crippen LogP contribution in [0.5, 0.6) is 0 Å². The number of carboxylic acids is 1. The van der Waals surface area contributed by atoms with Crippen LogP contribution >= 0.6 is 0 Å². The van der Waals surface area contributed by atoms with Crippen LogP contribution in [0.15, 0.2) is 0 Å². The lowest BCUT2D eigenvalue weighted by molar-refractivity contribution is -0.146. The summed E-state index contributed by atoms with van der Waals surface area (Å²) in [7, 11) is 1.23. The van der Waals surface area contributed by atoms with Gasteiger partial charge in [0.05, 0.1) is 7.11 Å². The Morgan fingerprint density at radius 1 is 0.846 bits per heavy atom. The summed E-state index contributed by atoms with van der Waals surface area (Å²) in [6.45, 7) is 2.23. The molecule has 2 N–H and O–H groups in total. The molecule has 0 bridgehead atoms. The molecule has 0 heterocycles. The maximum atomic E-state index is 11.9. The number of unbranched alkanes of at least 4 members (excludes halogenated alkanes) is 10. The van der Waals surface area contributed by atoms with Crippen molar-refractivity contribution in [3.05, 3.63) is 0 Å². The van der Waals surface area contributed by atoms with Crippen molar-refractivity contribution in [1.82, 2.24) is 5.32 Å². The second-order valence-corrected chi connectivity index (χ2v) is 6.86. The van der Waals surface area contributed by atoms with Gasteiger partial charge in [-0.3, -0.25) is 9.59 Å². The third-order valence-corrected chi connectivity index (χ3v) is 4.48. The van der Waals surface area contributed by atoms with Crippen LogP contribution in [-0.2, 0) is 19.1 Å². The van der Waals surface area contributed by atoms with Gasteiger partial charge in [-0.05, 0) is 12.8 Å². The van der Waals surface area contributed by atoms with Crippen LogP contribution in [0.4, 0.5) is 0 Å². The molecule has 0 aliphatic carbocycles. The van der Waals surface area contributed by atoms with E-state index in [1.165, 1.54) is 58.5 Å². The fourth-order valence-corrected chi connectivity index (χ4v) is 2.88. The molecule has 0 aromatic carbocycles. The Balaban J connectivity index is 3.70. The van der Waals surface area contributed by atoms with Crippen LogP contribution in [-0.4, -0.2) is 36.1 Å². The summed E-state index contributed by atoms with van der Waals surface area (Å²) in [5.41, 5.74) is 0. The van der Waals surface area contributed by atoms with E-state index in [0.29, 0.717) is 6.42 Å². The second-order valence-electron chi connectivity index (χ2n) is 6.86. The van der Waals surface area contributed by atoms with E-state index in [4.69, 9.17) is 5.11 Å². The largest absolute Gasteiger partial charge is 0.481 e. The summed E-state index contributed by atoms with van der Waals surface area (Å²) in [6, 6.07) is -0.878. The minimum Gasteiger partial charge on any atom is -0.481 e. The molecule has 0 unspecified atom stereocenters. The van der Waals surface area contributed by atoms with E-state index in [-0.39, 0.29) is 18.7 Å². The molecular formula is C20H37NO5. The number of carbonyl (C=O) groups is 3. The average Bonchev–Trinajstić information content (AvgIpc) is 2.62. The van der Waals surface area contributed by atoms with Crippen LogP contribution in [0, 0.1) is 0 Å². The zero-order valence-corrected chi connectivity index (χ0v) is 16.6. The van der Waals surface area contributed by atoms with Gasteiger partial charge in [0.15, 0.2) is 0 Å². The molecule has 0 fully saturated rings. The smallest absolute Gasteiger partial charge is 0.328 e. The zero-order valence-electron chi connectivity index (χ0n) is 16.6. The summed E-state index contributed by atoms with van der Waals surface area (Å²) in [5, 5.41) is 11.3. The Bertz CT molecular complexity index is 398. The first kappa shape index (κ1) is 24.4. The molecule has 1 amide bonds. The predicted octanol–water partition coefficient (Wildman–Crippen LogP) is 4.21. The fourth-order valence-electron chi connectivity index (χ4n) is 2.88. The topological polar surface area (TPSA) is 92.7 Å². The van der Waals surface area contributed by atoms with E-state index in [1.54, 1.807) is 0 Å². The third-order valence-electron chi connectivity index (χ3n) is 4.48. The Morgan fingerprint density at radius 2 is 1.35 bits per heavy atom. The van der Waals surface area contributed by atoms with E-state index >= 15 is 0 Å². The van der Waals surface area contributed by atoms with Crippen molar-refractivity contribution in [2.24, 2.45) is 0 Å². The molecule has 0 aliphatic rings. The van der Waals surface area contributed by atoms with Gasteiger partial charge in [-0.25, -0.2) is 4.79 Å². The van der Waals surface area contributed by atoms with E-state index in [1.807, 2.05) is 0 Å². The molecule has 0 spiro atoms. The molecule has 0 aliphatic heterocycles. The molecular weight excluding hydrogens is 334 g/mol. The van der Waals surface area contributed by atoms with Crippen molar-refractivity contribution in [1.29, 1.82) is 0 Å². The highest BCUT2D eigenvalue weighted by atomic mass is 16.5. The first-order valence-electron chi connectivity index (χ1n) is 10.1. The third kappa shape index (κ3) is 14.7. The molecule has 26 heavy (non-hydrogen) atoms. The van der Waals surface area contributed by atoms with Gasteiger partial charge in [0.2, 0.25) is 5.91 Å². The first-order valence-corrected chi connectivity index (χ1v) is 10.1. The van der Waals surface area contributed by atoms with Gasteiger partial charge in [-0.15, -0.1) is 0 Å². The lowest BCUT2D eigenvalue weighted by Gasteiger charge is -2.15. The molecule has 6 nitrogen and oxygen atoms in total. The minimum atomic E-state index is -1.00. The summed E-state index contributed by atoms with van der Waals surface area (Å²) in [6.07, 6.45) is 13.6. The predicted molar refractivity (Wildman–Crippen MR) is 102 cm³/mol. The first-order chi connectivity index (χ1) is 12.5. The number of hydrogen-bond donors (Lipinski definition) is 2. The number of carbonyl (C=O) groups excluding carboxylic acids is 2. The Morgan fingerprint density at radius 3 is 1.81 bits per heavy atom. The number of rotatable bonds is 17. The number of ether oxygens (including phenoxy) is 1. The van der Waals surface area contributed by atoms with Crippen molar-refractivity contribution in [3.8, 4) is 0 Å². The maximum Gasteiger partial charge on any atom is 0.328 e. The van der Waals surface area contributed by atoms with Crippen LogP contribution in [0.2, 0.25) is 0 Å². The zero-order chi connectivity index (χ0) is 19.6. The standard InChI is InChI=1S/C20H37NO5/c1-3-4-5-6-7-8-9-10-11-12-13-14-18(22)21-17(20(25)26-2)15-16-19(23)24/h17H,3-16H2,1-2H3,(H,21,22)(H,23,24)/t17-/m1/s1. The summed E-state index contributed by atoms with van der Waals surface area (Å²) >= 11 is 0. The van der Waals surface area contributed by atoms with E-state index in [2.05, 4.69) is 17.0 Å². The molecule has 0 saturated heterocycles. The normalized spacial score (nSPS) is 11.8. The van der Waals surface area contributed by atoms with Crippen LogP contribution in [0.25, 0.3) is 0 Å². The van der Waals surface area contributed by atoms with Crippen LogP contribution in [0.1, 0.15) is 96.8 Å². The van der Waals surface area contributed by atoms with Gasteiger partial charge in [-0.1, -0.05) is 71.1 Å². The van der Waals surface area contributed by atoms with Gasteiger partial charge in [0.1, 0.15) is 6.04 Å². The Kier molecular flexibility index (Phi) is 15.8.